The molecular weight excluding hydrogens is 424 g/mol. The monoisotopic (exact) mass is 454 g/mol. The molecule has 0 bridgehead atoms. The molecule has 2 aromatic carbocycles. The summed E-state index contributed by atoms with van der Waals surface area (Å²) in [5.41, 5.74) is 4.52. The van der Waals surface area contributed by atoms with Gasteiger partial charge in [0, 0.05) is 18.4 Å². The minimum Gasteiger partial charge on any atom is -0.479 e. The van der Waals surface area contributed by atoms with Crippen LogP contribution in [0.1, 0.15) is 49.7 Å². The van der Waals surface area contributed by atoms with E-state index in [9.17, 15) is 19.5 Å². The number of aliphatic hydroxyl groups excluding tert-OH is 1. The van der Waals surface area contributed by atoms with Crippen molar-refractivity contribution >= 4 is 18.0 Å². The van der Waals surface area contributed by atoms with Crippen LogP contribution in [0.5, 0.6) is 0 Å². The number of carbonyl (C=O) groups excluding carboxylic acids is 2. The number of alkyl carbamates (subject to hydrolysis) is 1. The lowest BCUT2D eigenvalue weighted by atomic mass is 9.98. The minimum absolute atomic E-state index is 0.0312. The molecule has 0 saturated heterocycles. The van der Waals surface area contributed by atoms with Crippen LogP contribution in [0.15, 0.2) is 48.5 Å². The molecule has 2 amide bonds. The van der Waals surface area contributed by atoms with E-state index >= 15 is 0 Å². The number of hydrogen-bond donors (Lipinski definition) is 4. The number of nitrogens with one attached hydrogen (secondary N) is 2. The van der Waals surface area contributed by atoms with Gasteiger partial charge < -0.3 is 25.6 Å². The van der Waals surface area contributed by atoms with Crippen LogP contribution in [0.4, 0.5) is 4.79 Å². The molecule has 0 heterocycles. The maximum absolute atomic E-state index is 12.6. The minimum atomic E-state index is -1.67. The Bertz CT molecular complexity index is 947. The number of aliphatic carboxylic acids is 1. The number of benzene rings is 2. The molecule has 2 aromatic rings. The molecule has 8 heteroatoms. The number of amides is 2. The number of fused-ring (bicyclic) bond motifs is 3. The van der Waals surface area contributed by atoms with Crippen LogP contribution in [0.2, 0.25) is 0 Å². The summed E-state index contributed by atoms with van der Waals surface area (Å²) in [5.74, 6) is -1.91. The molecule has 2 atom stereocenters. The predicted octanol–water partition coefficient (Wildman–Crippen LogP) is 3.04. The predicted molar refractivity (Wildman–Crippen MR) is 123 cm³/mol. The van der Waals surface area contributed by atoms with Crippen molar-refractivity contribution in [1.29, 1.82) is 0 Å². The molecule has 1 aliphatic rings. The normalized spacial score (nSPS) is 14.0. The van der Waals surface area contributed by atoms with Gasteiger partial charge in [-0.2, -0.15) is 0 Å². The summed E-state index contributed by atoms with van der Waals surface area (Å²) in [5, 5.41) is 23.2. The van der Waals surface area contributed by atoms with Crippen LogP contribution in [0.25, 0.3) is 11.1 Å². The molecule has 0 radical (unpaired) electrons. The quantitative estimate of drug-likeness (QED) is 0.414. The largest absolute Gasteiger partial charge is 0.479 e. The van der Waals surface area contributed by atoms with Crippen LogP contribution in [0.3, 0.4) is 0 Å². The maximum Gasteiger partial charge on any atom is 0.407 e. The summed E-state index contributed by atoms with van der Waals surface area (Å²) >= 11 is 0. The average Bonchev–Trinajstić information content (AvgIpc) is 3.13. The highest BCUT2D eigenvalue weighted by molar-refractivity contribution is 5.80. The van der Waals surface area contributed by atoms with Crippen molar-refractivity contribution in [1.82, 2.24) is 10.6 Å². The summed E-state index contributed by atoms with van der Waals surface area (Å²) in [4.78, 5) is 35.4. The van der Waals surface area contributed by atoms with Gasteiger partial charge >= 0.3 is 12.1 Å². The Labute approximate surface area is 193 Å². The second-order valence-corrected chi connectivity index (χ2v) is 8.17. The number of carbonyl (C=O) groups is 3. The fourth-order valence-electron chi connectivity index (χ4n) is 4.08. The first-order chi connectivity index (χ1) is 15.9. The zero-order valence-corrected chi connectivity index (χ0v) is 18.6. The van der Waals surface area contributed by atoms with E-state index in [0.29, 0.717) is 6.42 Å². The Morgan fingerprint density at radius 3 is 2.21 bits per heavy atom. The average molecular weight is 455 g/mol. The van der Waals surface area contributed by atoms with E-state index in [2.05, 4.69) is 22.8 Å². The highest BCUT2D eigenvalue weighted by atomic mass is 16.5. The number of ether oxygens (including phenoxy) is 1. The van der Waals surface area contributed by atoms with Crippen molar-refractivity contribution in [3.8, 4) is 11.1 Å². The molecule has 0 fully saturated rings. The van der Waals surface area contributed by atoms with E-state index in [1.807, 2.05) is 43.3 Å². The molecule has 0 saturated carbocycles. The molecule has 0 aromatic heterocycles. The zero-order valence-electron chi connectivity index (χ0n) is 18.6. The van der Waals surface area contributed by atoms with E-state index in [4.69, 9.17) is 9.84 Å². The fraction of sp³-hybridized carbons (Fsp3) is 0.400. The number of unbranched alkanes of at least 4 members (excludes halogenated alkanes) is 1. The smallest absolute Gasteiger partial charge is 0.407 e. The van der Waals surface area contributed by atoms with E-state index in [1.54, 1.807) is 0 Å². The molecular formula is C25H30N2O6. The van der Waals surface area contributed by atoms with Crippen LogP contribution in [0, 0.1) is 0 Å². The number of carboxylic acid groups (broad SMARTS) is 1. The van der Waals surface area contributed by atoms with Crippen LogP contribution >= 0.6 is 0 Å². The lowest BCUT2D eigenvalue weighted by Gasteiger charge is -2.20. The van der Waals surface area contributed by atoms with Crippen LogP contribution in [-0.4, -0.2) is 53.5 Å². The van der Waals surface area contributed by atoms with Gasteiger partial charge in [0.05, 0.1) is 6.54 Å². The summed E-state index contributed by atoms with van der Waals surface area (Å²) in [6.07, 6.45) is -0.0253. The third kappa shape index (κ3) is 6.32. The Morgan fingerprint density at radius 2 is 1.64 bits per heavy atom. The van der Waals surface area contributed by atoms with Crippen molar-refractivity contribution < 1.29 is 29.3 Å². The fourth-order valence-corrected chi connectivity index (χ4v) is 4.08. The summed E-state index contributed by atoms with van der Waals surface area (Å²) in [6, 6.07) is 15.7. The van der Waals surface area contributed by atoms with E-state index in [1.165, 1.54) is 0 Å². The topological polar surface area (TPSA) is 125 Å². The second-order valence-electron chi connectivity index (χ2n) is 8.17. The summed E-state index contributed by atoms with van der Waals surface area (Å²) in [7, 11) is 0. The highest BCUT2D eigenvalue weighted by Crippen LogP contribution is 2.44. The molecule has 33 heavy (non-hydrogen) atoms. The first-order valence-electron chi connectivity index (χ1n) is 11.2. The first-order valence-corrected chi connectivity index (χ1v) is 11.2. The summed E-state index contributed by atoms with van der Waals surface area (Å²) in [6.45, 7) is 1.80. The van der Waals surface area contributed by atoms with Crippen molar-refractivity contribution in [2.75, 3.05) is 13.2 Å². The SMILES string of the molecule is CCCC[C@@H](CC(=O)NC[C@H](O)C(=O)O)NC(=O)OCC1c2ccccc2-c2ccccc21. The van der Waals surface area contributed by atoms with Gasteiger partial charge in [0.1, 0.15) is 6.61 Å². The van der Waals surface area contributed by atoms with Gasteiger partial charge in [0.25, 0.3) is 0 Å². The van der Waals surface area contributed by atoms with Crippen molar-refractivity contribution in [3.05, 3.63) is 59.7 Å². The van der Waals surface area contributed by atoms with Crippen molar-refractivity contribution in [2.45, 2.75) is 50.7 Å². The second kappa shape index (κ2) is 11.5. The molecule has 0 aliphatic heterocycles. The maximum atomic E-state index is 12.6. The number of rotatable bonds is 11. The third-order valence-corrected chi connectivity index (χ3v) is 5.78. The summed E-state index contributed by atoms with van der Waals surface area (Å²) < 4.78 is 5.56. The van der Waals surface area contributed by atoms with Crippen LogP contribution < -0.4 is 10.6 Å². The van der Waals surface area contributed by atoms with E-state index in [-0.39, 0.29) is 25.5 Å². The third-order valence-electron chi connectivity index (χ3n) is 5.78. The molecule has 3 rings (SSSR count). The lowest BCUT2D eigenvalue weighted by Crippen LogP contribution is -2.42. The number of carboxylic acids is 1. The molecule has 176 valence electrons. The van der Waals surface area contributed by atoms with Gasteiger partial charge in [0.15, 0.2) is 6.10 Å². The van der Waals surface area contributed by atoms with Gasteiger partial charge in [-0.25, -0.2) is 9.59 Å². The lowest BCUT2D eigenvalue weighted by molar-refractivity contribution is -0.146. The Kier molecular flexibility index (Phi) is 8.43. The molecule has 1 aliphatic carbocycles. The Morgan fingerprint density at radius 1 is 1.03 bits per heavy atom. The van der Waals surface area contributed by atoms with Gasteiger partial charge in [0.2, 0.25) is 5.91 Å². The highest BCUT2D eigenvalue weighted by Gasteiger charge is 2.29. The Balaban J connectivity index is 1.57. The van der Waals surface area contributed by atoms with Gasteiger partial charge in [-0.3, -0.25) is 4.79 Å². The molecule has 0 unspecified atom stereocenters. The molecule has 8 nitrogen and oxygen atoms in total. The standard InChI is InChI=1S/C25H30N2O6/c1-2-3-8-16(13-23(29)26-14-22(28)24(30)31)27-25(32)33-15-21-19-11-6-4-9-17(19)18-10-5-7-12-20(18)21/h4-7,9-12,16,21-22,28H,2-3,8,13-15H2,1H3,(H,26,29)(H,27,32)(H,30,31)/t16-,22-/m0/s1. The van der Waals surface area contributed by atoms with Gasteiger partial charge in [-0.15, -0.1) is 0 Å². The van der Waals surface area contributed by atoms with Crippen molar-refractivity contribution in [2.24, 2.45) is 0 Å². The van der Waals surface area contributed by atoms with E-state index < -0.39 is 30.1 Å². The van der Waals surface area contributed by atoms with Gasteiger partial charge in [-0.1, -0.05) is 68.3 Å². The number of aliphatic hydroxyl groups is 1. The van der Waals surface area contributed by atoms with Crippen molar-refractivity contribution in [3.63, 3.8) is 0 Å². The Hall–Kier alpha value is -3.39. The number of hydrogen-bond acceptors (Lipinski definition) is 5. The van der Waals surface area contributed by atoms with Gasteiger partial charge in [-0.05, 0) is 28.7 Å². The van der Waals surface area contributed by atoms with Crippen LogP contribution in [-0.2, 0) is 14.3 Å². The first kappa shape index (κ1) is 24.3. The zero-order chi connectivity index (χ0) is 23.8. The van der Waals surface area contributed by atoms with E-state index in [0.717, 1.165) is 35.1 Å². The molecule has 0 spiro atoms. The molecule has 4 N–H and O–H groups in total.